The van der Waals surface area contributed by atoms with Crippen molar-refractivity contribution in [1.29, 1.82) is 0 Å². The number of rotatable bonds is 3. The summed E-state index contributed by atoms with van der Waals surface area (Å²) in [4.78, 5) is 50.1. The molecule has 9 nitrogen and oxygen atoms in total. The topological polar surface area (TPSA) is 110 Å². The smallest absolute Gasteiger partial charge is 0.257 e. The lowest BCUT2D eigenvalue weighted by atomic mass is 9.73. The van der Waals surface area contributed by atoms with Crippen LogP contribution in [0.3, 0.4) is 0 Å². The van der Waals surface area contributed by atoms with Crippen molar-refractivity contribution in [2.24, 2.45) is 0 Å². The molecule has 4 heterocycles. The minimum absolute atomic E-state index is 0.0548. The number of carbonyl (C=O) groups is 2. The number of aromatic nitrogens is 2. The molecule has 11 heteroatoms. The van der Waals surface area contributed by atoms with Gasteiger partial charge in [-0.25, -0.2) is 8.78 Å². The van der Waals surface area contributed by atoms with Gasteiger partial charge in [-0.05, 0) is 31.7 Å². The van der Waals surface area contributed by atoms with Crippen LogP contribution in [0, 0.1) is 11.6 Å². The number of hydrogen-bond donors (Lipinski definition) is 2. The third-order valence-electron chi connectivity index (χ3n) is 7.12. The number of carbonyl (C=O) groups excluding carboxylic acids is 2. The summed E-state index contributed by atoms with van der Waals surface area (Å²) in [6.45, 7) is 2.11. The lowest BCUT2D eigenvalue weighted by Gasteiger charge is -2.39. The third kappa shape index (κ3) is 3.29. The van der Waals surface area contributed by atoms with Crippen LogP contribution in [0.5, 0.6) is 0 Å². The Bertz CT molecular complexity index is 1240. The average Bonchev–Trinajstić information content (AvgIpc) is 3.02. The fourth-order valence-electron chi connectivity index (χ4n) is 5.51. The van der Waals surface area contributed by atoms with Crippen LogP contribution in [0.15, 0.2) is 16.9 Å². The van der Waals surface area contributed by atoms with Gasteiger partial charge < -0.3 is 14.9 Å². The molecule has 0 saturated carbocycles. The number of amides is 2. The van der Waals surface area contributed by atoms with Gasteiger partial charge in [0.2, 0.25) is 17.8 Å². The Hall–Kier alpha value is -3.34. The fraction of sp³-hybridized carbons (Fsp3) is 0.478. The van der Waals surface area contributed by atoms with Gasteiger partial charge in [0.25, 0.3) is 5.56 Å². The van der Waals surface area contributed by atoms with Gasteiger partial charge in [0.15, 0.2) is 0 Å². The molecule has 0 aliphatic carbocycles. The first-order valence-corrected chi connectivity index (χ1v) is 11.4. The van der Waals surface area contributed by atoms with Crippen molar-refractivity contribution in [3.8, 4) is 0 Å². The molecule has 34 heavy (non-hydrogen) atoms. The van der Waals surface area contributed by atoms with Crippen molar-refractivity contribution in [2.75, 3.05) is 47.5 Å². The van der Waals surface area contributed by atoms with Crippen molar-refractivity contribution in [1.82, 2.24) is 9.97 Å². The molecule has 2 amide bonds. The highest BCUT2D eigenvalue weighted by molar-refractivity contribution is 6.08. The lowest BCUT2D eigenvalue weighted by Crippen LogP contribution is -2.50. The minimum atomic E-state index is -1.18. The minimum Gasteiger partial charge on any atom is -0.395 e. The molecule has 5 rings (SSSR count). The monoisotopic (exact) mass is 473 g/mol. The van der Waals surface area contributed by atoms with E-state index in [2.05, 4.69) is 9.97 Å². The number of anilines is 3. The summed E-state index contributed by atoms with van der Waals surface area (Å²) in [5.41, 5.74) is -0.700. The second kappa shape index (κ2) is 8.15. The van der Waals surface area contributed by atoms with Crippen LogP contribution in [0.2, 0.25) is 0 Å². The molecule has 2 aromatic rings. The first kappa shape index (κ1) is 22.5. The fourth-order valence-corrected chi connectivity index (χ4v) is 5.51. The number of fused-ring (bicyclic) bond motifs is 3. The van der Waals surface area contributed by atoms with E-state index in [0.29, 0.717) is 36.7 Å². The maximum Gasteiger partial charge on any atom is 0.257 e. The molecular weight excluding hydrogens is 448 g/mol. The molecule has 180 valence electrons. The normalized spacial score (nSPS) is 18.9. The number of aliphatic hydroxyl groups is 1. The zero-order valence-corrected chi connectivity index (χ0v) is 18.7. The molecule has 2 N–H and O–H groups in total. The maximum atomic E-state index is 15.0. The summed E-state index contributed by atoms with van der Waals surface area (Å²) in [5, 5.41) is 9.41. The highest BCUT2D eigenvalue weighted by Gasteiger charge is 2.54. The molecule has 0 bridgehead atoms. The number of H-pyrrole nitrogens is 1. The maximum absolute atomic E-state index is 15.0. The van der Waals surface area contributed by atoms with Crippen LogP contribution in [-0.4, -0.2) is 59.7 Å². The number of nitrogens with zero attached hydrogens (tertiary/aromatic N) is 4. The predicted molar refractivity (Wildman–Crippen MR) is 120 cm³/mol. The van der Waals surface area contributed by atoms with E-state index in [0.717, 1.165) is 12.1 Å². The molecular formula is C23H25F2N5O4. The summed E-state index contributed by atoms with van der Waals surface area (Å²) < 4.78 is 28.9. The van der Waals surface area contributed by atoms with E-state index in [1.165, 1.54) is 16.7 Å². The second-order valence-electron chi connectivity index (χ2n) is 9.00. The standard InChI is InChI=1S/C23H25F2N5O4/c1-13(32)29-6-2-3-15-19(29)26-22(27-20(15)33)28-7-4-23(5-8-28)18-16(25)11-14(24)12-17(18)30(9-10-31)21(23)34/h11-12,31H,2-10H2,1H3,(H,26,27,33). The van der Waals surface area contributed by atoms with Crippen LogP contribution >= 0.6 is 0 Å². The van der Waals surface area contributed by atoms with E-state index in [1.54, 1.807) is 0 Å². The summed E-state index contributed by atoms with van der Waals surface area (Å²) in [6, 6.07) is 1.91. The molecule has 3 aliphatic heterocycles. The van der Waals surface area contributed by atoms with Crippen molar-refractivity contribution in [3.63, 3.8) is 0 Å². The first-order chi connectivity index (χ1) is 16.3. The van der Waals surface area contributed by atoms with Gasteiger partial charge in [-0.15, -0.1) is 0 Å². The zero-order chi connectivity index (χ0) is 24.2. The predicted octanol–water partition coefficient (Wildman–Crippen LogP) is 1.22. The van der Waals surface area contributed by atoms with E-state index in [-0.39, 0.29) is 67.7 Å². The number of hydrogen-bond acceptors (Lipinski definition) is 6. The van der Waals surface area contributed by atoms with Crippen LogP contribution in [0.25, 0.3) is 0 Å². The highest BCUT2D eigenvalue weighted by Crippen LogP contribution is 2.49. The number of benzene rings is 1. The first-order valence-electron chi connectivity index (χ1n) is 11.4. The number of nitrogens with one attached hydrogen (secondary N) is 1. The van der Waals surface area contributed by atoms with Gasteiger partial charge in [-0.3, -0.25) is 24.3 Å². The molecule has 0 atom stereocenters. The van der Waals surface area contributed by atoms with Crippen LogP contribution < -0.4 is 20.3 Å². The number of β-amino-alcohol motifs (C(OH)–C–C–N with tert-alkyl or cyclic N) is 1. The highest BCUT2D eigenvalue weighted by atomic mass is 19.1. The second-order valence-corrected chi connectivity index (χ2v) is 9.00. The Labute approximate surface area is 194 Å². The van der Waals surface area contributed by atoms with E-state index in [1.807, 2.05) is 4.90 Å². The SMILES string of the molecule is CC(=O)N1CCCc2c1nc(N1CCC3(CC1)C(=O)N(CCO)c1cc(F)cc(F)c13)[nH]c2=O. The average molecular weight is 473 g/mol. The van der Waals surface area contributed by atoms with Gasteiger partial charge in [0.1, 0.15) is 17.5 Å². The van der Waals surface area contributed by atoms with Crippen molar-refractivity contribution in [2.45, 2.75) is 38.0 Å². The van der Waals surface area contributed by atoms with Gasteiger partial charge >= 0.3 is 0 Å². The Kier molecular flexibility index (Phi) is 5.38. The van der Waals surface area contributed by atoms with Crippen molar-refractivity contribution < 1.29 is 23.5 Å². The van der Waals surface area contributed by atoms with Crippen LogP contribution in [0.4, 0.5) is 26.2 Å². The number of aromatic amines is 1. The van der Waals surface area contributed by atoms with E-state index in [4.69, 9.17) is 0 Å². The van der Waals surface area contributed by atoms with Gasteiger partial charge in [-0.2, -0.15) is 4.98 Å². The number of aliphatic hydroxyl groups excluding tert-OH is 1. The van der Waals surface area contributed by atoms with Gasteiger partial charge in [-0.1, -0.05) is 0 Å². The van der Waals surface area contributed by atoms with Gasteiger partial charge in [0.05, 0.1) is 23.3 Å². The van der Waals surface area contributed by atoms with E-state index < -0.39 is 17.0 Å². The van der Waals surface area contributed by atoms with Crippen molar-refractivity contribution in [3.05, 3.63) is 45.2 Å². The Morgan fingerprint density at radius 1 is 1.21 bits per heavy atom. The number of piperidine rings is 1. The molecule has 0 radical (unpaired) electrons. The summed E-state index contributed by atoms with van der Waals surface area (Å²) in [6.07, 6.45) is 1.66. The molecule has 1 aromatic carbocycles. The Morgan fingerprint density at radius 3 is 2.62 bits per heavy atom. The Balaban J connectivity index is 1.48. The van der Waals surface area contributed by atoms with E-state index in [9.17, 15) is 28.3 Å². The van der Waals surface area contributed by atoms with Crippen LogP contribution in [0.1, 0.15) is 37.3 Å². The molecule has 1 saturated heterocycles. The Morgan fingerprint density at radius 2 is 1.94 bits per heavy atom. The largest absolute Gasteiger partial charge is 0.395 e. The summed E-state index contributed by atoms with van der Waals surface area (Å²) in [7, 11) is 0. The molecule has 3 aliphatic rings. The zero-order valence-electron chi connectivity index (χ0n) is 18.7. The lowest BCUT2D eigenvalue weighted by molar-refractivity contribution is -0.124. The molecule has 0 unspecified atom stereocenters. The summed E-state index contributed by atoms with van der Waals surface area (Å²) >= 11 is 0. The third-order valence-corrected chi connectivity index (χ3v) is 7.12. The van der Waals surface area contributed by atoms with E-state index >= 15 is 0 Å². The molecule has 1 spiro atoms. The molecule has 1 aromatic heterocycles. The van der Waals surface area contributed by atoms with Crippen molar-refractivity contribution >= 4 is 29.3 Å². The molecule has 1 fully saturated rings. The summed E-state index contributed by atoms with van der Waals surface area (Å²) in [5.74, 6) is -1.47. The van der Waals surface area contributed by atoms with Crippen LogP contribution in [-0.2, 0) is 21.4 Å². The van der Waals surface area contributed by atoms with Gasteiger partial charge in [0, 0.05) is 44.7 Å². The quantitative estimate of drug-likeness (QED) is 0.694. The number of halogens is 2.